The monoisotopic (exact) mass is 459 g/mol. The van der Waals surface area contributed by atoms with E-state index in [0.717, 1.165) is 25.2 Å². The SMILES string of the molecule is COc1cc2c(cc1Nc1ncc(Cl)c(Nc3ccc(C(F)F)cc3C)n1)CN(C)CC2. The number of fused-ring (bicyclic) bond motifs is 1. The fraction of sp³-hybridized carbons (Fsp3) is 0.304. The highest BCUT2D eigenvalue weighted by atomic mass is 35.5. The van der Waals surface area contributed by atoms with Crippen LogP contribution < -0.4 is 15.4 Å². The summed E-state index contributed by atoms with van der Waals surface area (Å²) in [6.45, 7) is 3.61. The molecule has 2 heterocycles. The zero-order valence-corrected chi connectivity index (χ0v) is 18.8. The summed E-state index contributed by atoms with van der Waals surface area (Å²) < 4.78 is 31.4. The number of hydrogen-bond acceptors (Lipinski definition) is 6. The van der Waals surface area contributed by atoms with Crippen molar-refractivity contribution in [3.63, 3.8) is 0 Å². The van der Waals surface area contributed by atoms with Gasteiger partial charge in [0.2, 0.25) is 5.95 Å². The van der Waals surface area contributed by atoms with Crippen molar-refractivity contribution in [3.8, 4) is 5.75 Å². The fourth-order valence-electron chi connectivity index (χ4n) is 3.72. The van der Waals surface area contributed by atoms with Crippen LogP contribution in [0.25, 0.3) is 0 Å². The average molecular weight is 460 g/mol. The minimum Gasteiger partial charge on any atom is -0.495 e. The van der Waals surface area contributed by atoms with Gasteiger partial charge in [0, 0.05) is 24.3 Å². The van der Waals surface area contributed by atoms with Crippen LogP contribution in [0.2, 0.25) is 5.02 Å². The number of nitrogens with zero attached hydrogens (tertiary/aromatic N) is 3. The van der Waals surface area contributed by atoms with Crippen LogP contribution in [-0.2, 0) is 13.0 Å². The second kappa shape index (κ2) is 9.26. The molecule has 6 nitrogen and oxygen atoms in total. The number of rotatable bonds is 6. The van der Waals surface area contributed by atoms with Crippen molar-refractivity contribution in [2.45, 2.75) is 26.3 Å². The van der Waals surface area contributed by atoms with Gasteiger partial charge in [-0.3, -0.25) is 0 Å². The summed E-state index contributed by atoms with van der Waals surface area (Å²) in [4.78, 5) is 11.0. The van der Waals surface area contributed by atoms with Gasteiger partial charge < -0.3 is 20.3 Å². The van der Waals surface area contributed by atoms with E-state index < -0.39 is 6.43 Å². The molecule has 2 aromatic carbocycles. The molecule has 9 heteroatoms. The lowest BCUT2D eigenvalue weighted by atomic mass is 9.99. The van der Waals surface area contributed by atoms with Gasteiger partial charge in [-0.1, -0.05) is 17.7 Å². The lowest BCUT2D eigenvalue weighted by Crippen LogP contribution is -2.26. The number of hydrogen-bond donors (Lipinski definition) is 2. The molecular formula is C23H24ClF2N5O. The highest BCUT2D eigenvalue weighted by Gasteiger charge is 2.18. The van der Waals surface area contributed by atoms with Crippen molar-refractivity contribution < 1.29 is 13.5 Å². The molecule has 1 aromatic heterocycles. The second-order valence-corrected chi connectivity index (χ2v) is 8.23. The number of nitrogens with one attached hydrogen (secondary N) is 2. The van der Waals surface area contributed by atoms with E-state index in [1.165, 1.54) is 29.5 Å². The van der Waals surface area contributed by atoms with Gasteiger partial charge in [-0.05, 0) is 61.3 Å². The number of halogens is 3. The average Bonchev–Trinajstić information content (AvgIpc) is 2.76. The van der Waals surface area contributed by atoms with Crippen molar-refractivity contribution in [2.24, 2.45) is 0 Å². The van der Waals surface area contributed by atoms with Crippen LogP contribution in [0.1, 0.15) is 28.7 Å². The van der Waals surface area contributed by atoms with Crippen molar-refractivity contribution in [3.05, 3.63) is 63.8 Å². The predicted molar refractivity (Wildman–Crippen MR) is 123 cm³/mol. The topological polar surface area (TPSA) is 62.3 Å². The number of benzene rings is 2. The maximum Gasteiger partial charge on any atom is 0.263 e. The molecule has 0 amide bonds. The van der Waals surface area contributed by atoms with Gasteiger partial charge in [0.15, 0.2) is 5.82 Å². The summed E-state index contributed by atoms with van der Waals surface area (Å²) >= 11 is 6.29. The van der Waals surface area contributed by atoms with Gasteiger partial charge in [-0.15, -0.1) is 0 Å². The van der Waals surface area contributed by atoms with E-state index in [1.54, 1.807) is 20.1 Å². The smallest absolute Gasteiger partial charge is 0.263 e. The van der Waals surface area contributed by atoms with Crippen LogP contribution in [0, 0.1) is 6.92 Å². The van der Waals surface area contributed by atoms with E-state index in [1.807, 2.05) is 6.07 Å². The second-order valence-electron chi connectivity index (χ2n) is 7.82. The maximum atomic E-state index is 12.9. The third-order valence-electron chi connectivity index (χ3n) is 5.47. The van der Waals surface area contributed by atoms with Crippen LogP contribution in [0.15, 0.2) is 36.5 Å². The van der Waals surface area contributed by atoms with Gasteiger partial charge in [0.1, 0.15) is 10.8 Å². The first kappa shape index (κ1) is 22.2. The number of ether oxygens (including phenoxy) is 1. The third-order valence-corrected chi connectivity index (χ3v) is 5.75. The van der Waals surface area contributed by atoms with Gasteiger partial charge in [-0.25, -0.2) is 13.8 Å². The Morgan fingerprint density at radius 1 is 1.12 bits per heavy atom. The van der Waals surface area contributed by atoms with E-state index in [-0.39, 0.29) is 5.56 Å². The highest BCUT2D eigenvalue weighted by molar-refractivity contribution is 6.32. The number of aromatic nitrogens is 2. The van der Waals surface area contributed by atoms with Crippen LogP contribution in [0.3, 0.4) is 0 Å². The van der Waals surface area contributed by atoms with Crippen molar-refractivity contribution in [1.82, 2.24) is 14.9 Å². The van der Waals surface area contributed by atoms with E-state index in [0.29, 0.717) is 33.8 Å². The molecular weight excluding hydrogens is 436 g/mol. The number of likely N-dealkylation sites (N-methyl/N-ethyl adjacent to an activating group) is 1. The van der Waals surface area contributed by atoms with E-state index in [2.05, 4.69) is 38.6 Å². The standard InChI is InChI=1S/C23H24ClF2N5O/c1-13-8-15(21(25)26)4-5-18(13)28-22-17(24)11-27-23(30-22)29-19-9-16-12-31(2)7-6-14(16)10-20(19)32-3/h4-5,8-11,21H,6-7,12H2,1-3H3,(H2,27,28,29,30). The molecule has 3 aromatic rings. The predicted octanol–water partition coefficient (Wildman–Crippen LogP) is 5.86. The summed E-state index contributed by atoms with van der Waals surface area (Å²) in [7, 11) is 3.72. The molecule has 0 aliphatic carbocycles. The first-order valence-corrected chi connectivity index (χ1v) is 10.6. The van der Waals surface area contributed by atoms with Crippen LogP contribution in [0.5, 0.6) is 5.75 Å². The number of methoxy groups -OCH3 is 1. The lowest BCUT2D eigenvalue weighted by Gasteiger charge is -2.26. The van der Waals surface area contributed by atoms with Crippen molar-refractivity contribution in [2.75, 3.05) is 31.3 Å². The Morgan fingerprint density at radius 3 is 2.66 bits per heavy atom. The summed E-state index contributed by atoms with van der Waals surface area (Å²) in [6.07, 6.45) is -0.0640. The fourth-order valence-corrected chi connectivity index (χ4v) is 3.86. The van der Waals surface area contributed by atoms with E-state index in [9.17, 15) is 8.78 Å². The van der Waals surface area contributed by atoms with Crippen LogP contribution in [-0.4, -0.2) is 35.6 Å². The molecule has 2 N–H and O–H groups in total. The lowest BCUT2D eigenvalue weighted by molar-refractivity contribution is 0.151. The van der Waals surface area contributed by atoms with Gasteiger partial charge in [0.05, 0.1) is 19.0 Å². The Bertz CT molecular complexity index is 1140. The molecule has 0 saturated carbocycles. The quantitative estimate of drug-likeness (QED) is 0.481. The van der Waals surface area contributed by atoms with Crippen LogP contribution >= 0.6 is 11.6 Å². The summed E-state index contributed by atoms with van der Waals surface area (Å²) in [5.74, 6) is 1.41. The Balaban J connectivity index is 1.60. The molecule has 1 aliphatic rings. The Kier molecular flexibility index (Phi) is 6.43. The van der Waals surface area contributed by atoms with Crippen molar-refractivity contribution in [1.29, 1.82) is 0 Å². The molecule has 0 atom stereocenters. The van der Waals surface area contributed by atoms with Gasteiger partial charge in [-0.2, -0.15) is 4.98 Å². The van der Waals surface area contributed by atoms with E-state index in [4.69, 9.17) is 16.3 Å². The molecule has 0 spiro atoms. The maximum absolute atomic E-state index is 12.9. The molecule has 32 heavy (non-hydrogen) atoms. The molecule has 0 unspecified atom stereocenters. The zero-order valence-electron chi connectivity index (χ0n) is 18.0. The van der Waals surface area contributed by atoms with E-state index >= 15 is 0 Å². The third kappa shape index (κ3) is 4.76. The Morgan fingerprint density at radius 2 is 1.94 bits per heavy atom. The van der Waals surface area contributed by atoms with Crippen LogP contribution in [0.4, 0.5) is 31.9 Å². The molecule has 0 fully saturated rings. The molecule has 4 rings (SSSR count). The summed E-state index contributed by atoms with van der Waals surface area (Å²) in [5.41, 5.74) is 4.51. The Hall–Kier alpha value is -2.97. The van der Waals surface area contributed by atoms with Crippen molar-refractivity contribution >= 4 is 34.7 Å². The number of anilines is 4. The molecule has 0 bridgehead atoms. The Labute approximate surface area is 190 Å². The number of aryl methyl sites for hydroxylation is 1. The van der Waals surface area contributed by atoms with Gasteiger partial charge in [0.25, 0.3) is 6.43 Å². The van der Waals surface area contributed by atoms with Gasteiger partial charge >= 0.3 is 0 Å². The zero-order chi connectivity index (χ0) is 22.8. The minimum absolute atomic E-state index is 0.0330. The molecule has 0 radical (unpaired) electrons. The minimum atomic E-state index is -2.52. The molecule has 0 saturated heterocycles. The highest BCUT2D eigenvalue weighted by Crippen LogP contribution is 2.34. The largest absolute Gasteiger partial charge is 0.495 e. The molecule has 1 aliphatic heterocycles. The molecule has 168 valence electrons. The normalized spacial score (nSPS) is 13.7. The summed E-state index contributed by atoms with van der Waals surface area (Å²) in [6, 6.07) is 8.51. The first-order chi connectivity index (χ1) is 15.3. The first-order valence-electron chi connectivity index (χ1n) is 10.2. The number of alkyl halides is 2. The summed E-state index contributed by atoms with van der Waals surface area (Å²) in [5, 5.41) is 6.64.